The lowest BCUT2D eigenvalue weighted by Crippen LogP contribution is -2.22. The summed E-state index contributed by atoms with van der Waals surface area (Å²) in [6.07, 6.45) is 4.89. The minimum absolute atomic E-state index is 0.0652. The lowest BCUT2D eigenvalue weighted by Gasteiger charge is -2.19. The van der Waals surface area contributed by atoms with Gasteiger partial charge in [0.2, 0.25) is 11.2 Å². The van der Waals surface area contributed by atoms with Crippen LogP contribution >= 0.6 is 11.6 Å². The quantitative estimate of drug-likeness (QED) is 0.785. The summed E-state index contributed by atoms with van der Waals surface area (Å²) in [5.74, 6) is 0.356. The zero-order chi connectivity index (χ0) is 14.6. The molecule has 0 aromatic carbocycles. The van der Waals surface area contributed by atoms with Gasteiger partial charge in [0.1, 0.15) is 12.9 Å². The van der Waals surface area contributed by atoms with Gasteiger partial charge in [-0.25, -0.2) is 4.98 Å². The molecule has 0 aliphatic heterocycles. The molecule has 0 saturated heterocycles. The van der Waals surface area contributed by atoms with E-state index in [4.69, 9.17) is 21.1 Å². The lowest BCUT2D eigenvalue weighted by molar-refractivity contribution is -0.0174. The first-order valence-corrected chi connectivity index (χ1v) is 6.48. The molecule has 7 nitrogen and oxygen atoms in total. The van der Waals surface area contributed by atoms with Crippen LogP contribution in [0.25, 0.3) is 5.95 Å². The number of hydrogen-bond donors (Lipinski definition) is 0. The van der Waals surface area contributed by atoms with Gasteiger partial charge in [0.25, 0.3) is 0 Å². The summed E-state index contributed by atoms with van der Waals surface area (Å²) in [7, 11) is 0. The number of nitrogens with zero attached hydrogens (tertiary/aromatic N) is 5. The van der Waals surface area contributed by atoms with E-state index in [0.717, 1.165) is 0 Å². The number of imidazole rings is 1. The highest BCUT2D eigenvalue weighted by Gasteiger charge is 2.11. The largest absolute Gasteiger partial charge is 0.461 e. The maximum Gasteiger partial charge on any atom is 0.322 e. The first-order chi connectivity index (χ1) is 9.44. The first-order valence-electron chi connectivity index (χ1n) is 6.11. The van der Waals surface area contributed by atoms with E-state index in [2.05, 4.69) is 19.9 Å². The van der Waals surface area contributed by atoms with Crippen molar-refractivity contribution in [3.8, 4) is 12.0 Å². The molecule has 0 unspecified atom stereocenters. The molecule has 0 N–H and O–H groups in total. The van der Waals surface area contributed by atoms with Crippen LogP contribution in [0.15, 0.2) is 18.7 Å². The van der Waals surface area contributed by atoms with Gasteiger partial charge in [0, 0.05) is 12.4 Å². The van der Waals surface area contributed by atoms with Crippen LogP contribution in [0.4, 0.5) is 0 Å². The summed E-state index contributed by atoms with van der Waals surface area (Å²) in [6.45, 7) is 6.70. The number of hydrogen-bond acceptors (Lipinski definition) is 6. The van der Waals surface area contributed by atoms with Crippen molar-refractivity contribution < 1.29 is 9.47 Å². The third-order valence-electron chi connectivity index (χ3n) is 2.16. The Labute approximate surface area is 122 Å². The van der Waals surface area contributed by atoms with Gasteiger partial charge < -0.3 is 9.47 Å². The Kier molecular flexibility index (Phi) is 4.51. The summed E-state index contributed by atoms with van der Waals surface area (Å²) in [6, 6.07) is 0.159. The van der Waals surface area contributed by atoms with Crippen molar-refractivity contribution in [1.29, 1.82) is 0 Å². The van der Waals surface area contributed by atoms with Crippen LogP contribution < -0.4 is 4.74 Å². The Morgan fingerprint density at radius 3 is 2.65 bits per heavy atom. The van der Waals surface area contributed by atoms with Gasteiger partial charge in [0.15, 0.2) is 0 Å². The topological polar surface area (TPSA) is 75.0 Å². The van der Waals surface area contributed by atoms with Crippen molar-refractivity contribution in [2.75, 3.05) is 13.2 Å². The summed E-state index contributed by atoms with van der Waals surface area (Å²) in [5.41, 5.74) is -0.206. The predicted octanol–water partition coefficient (Wildman–Crippen LogP) is 1.90. The molecule has 2 heterocycles. The zero-order valence-electron chi connectivity index (χ0n) is 11.6. The lowest BCUT2D eigenvalue weighted by atomic mass is 10.2. The standard InChI is InChI=1S/C12H16ClN5O2/c1-12(2,3)20-7-6-19-11-16-9(13)15-10(17-11)18-5-4-14-8-18/h4-5,8H,6-7H2,1-3H3. The highest BCUT2D eigenvalue weighted by atomic mass is 35.5. The van der Waals surface area contributed by atoms with Crippen LogP contribution in [0, 0.1) is 0 Å². The molecule has 108 valence electrons. The fraction of sp³-hybridized carbons (Fsp3) is 0.500. The van der Waals surface area contributed by atoms with Gasteiger partial charge in [-0.2, -0.15) is 15.0 Å². The molecule has 0 aliphatic carbocycles. The summed E-state index contributed by atoms with van der Waals surface area (Å²) in [5, 5.41) is 0.0652. The third kappa shape index (κ3) is 4.43. The van der Waals surface area contributed by atoms with E-state index in [1.807, 2.05) is 20.8 Å². The highest BCUT2D eigenvalue weighted by molar-refractivity contribution is 6.28. The van der Waals surface area contributed by atoms with Gasteiger partial charge >= 0.3 is 6.01 Å². The van der Waals surface area contributed by atoms with E-state index in [0.29, 0.717) is 19.2 Å². The van der Waals surface area contributed by atoms with Crippen molar-refractivity contribution in [2.45, 2.75) is 26.4 Å². The van der Waals surface area contributed by atoms with Gasteiger partial charge in [-0.15, -0.1) is 0 Å². The maximum atomic E-state index is 5.85. The van der Waals surface area contributed by atoms with E-state index in [-0.39, 0.29) is 16.9 Å². The number of aromatic nitrogens is 5. The van der Waals surface area contributed by atoms with Crippen LogP contribution in [-0.2, 0) is 4.74 Å². The molecule has 0 aliphatic rings. The maximum absolute atomic E-state index is 5.85. The Morgan fingerprint density at radius 2 is 2.00 bits per heavy atom. The minimum atomic E-state index is -0.206. The number of halogens is 1. The Bertz CT molecular complexity index is 553. The molecule has 0 spiro atoms. The van der Waals surface area contributed by atoms with E-state index in [1.54, 1.807) is 23.3 Å². The molecule has 2 aromatic heterocycles. The molecule has 20 heavy (non-hydrogen) atoms. The van der Waals surface area contributed by atoms with Gasteiger partial charge in [0.05, 0.1) is 12.2 Å². The zero-order valence-corrected chi connectivity index (χ0v) is 12.3. The molecule has 8 heteroatoms. The van der Waals surface area contributed by atoms with E-state index < -0.39 is 0 Å². The molecule has 0 bridgehead atoms. The summed E-state index contributed by atoms with van der Waals surface area (Å²) < 4.78 is 12.6. The van der Waals surface area contributed by atoms with Crippen molar-refractivity contribution in [3.63, 3.8) is 0 Å². The highest BCUT2D eigenvalue weighted by Crippen LogP contribution is 2.11. The van der Waals surface area contributed by atoms with E-state index in [1.165, 1.54) is 0 Å². The van der Waals surface area contributed by atoms with Gasteiger partial charge in [-0.3, -0.25) is 4.57 Å². The Hall–Kier alpha value is -1.73. The second-order valence-electron chi connectivity index (χ2n) is 4.97. The van der Waals surface area contributed by atoms with Crippen LogP contribution in [0.1, 0.15) is 20.8 Å². The molecule has 2 aromatic rings. The molecule has 0 atom stereocenters. The predicted molar refractivity (Wildman–Crippen MR) is 73.2 cm³/mol. The molecule has 2 rings (SSSR count). The van der Waals surface area contributed by atoms with Crippen LogP contribution in [0.2, 0.25) is 5.28 Å². The van der Waals surface area contributed by atoms with Gasteiger partial charge in [-0.1, -0.05) is 0 Å². The summed E-state index contributed by atoms with van der Waals surface area (Å²) >= 11 is 5.85. The molecular formula is C12H16ClN5O2. The molecule has 0 radical (unpaired) electrons. The van der Waals surface area contributed by atoms with E-state index in [9.17, 15) is 0 Å². The fourth-order valence-corrected chi connectivity index (χ4v) is 1.51. The normalized spacial score (nSPS) is 11.6. The molecule has 0 amide bonds. The Balaban J connectivity index is 1.98. The Morgan fingerprint density at radius 1 is 1.20 bits per heavy atom. The summed E-state index contributed by atoms with van der Waals surface area (Å²) in [4.78, 5) is 16.0. The fourth-order valence-electron chi connectivity index (χ4n) is 1.36. The average Bonchev–Trinajstić information content (AvgIpc) is 2.86. The van der Waals surface area contributed by atoms with Crippen LogP contribution in [0.5, 0.6) is 6.01 Å². The second kappa shape index (κ2) is 6.15. The van der Waals surface area contributed by atoms with Gasteiger partial charge in [-0.05, 0) is 32.4 Å². The van der Waals surface area contributed by atoms with Crippen molar-refractivity contribution >= 4 is 11.6 Å². The van der Waals surface area contributed by atoms with Crippen molar-refractivity contribution in [1.82, 2.24) is 24.5 Å². The third-order valence-corrected chi connectivity index (χ3v) is 2.33. The average molecular weight is 298 g/mol. The molecule has 0 fully saturated rings. The molecule has 0 saturated carbocycles. The van der Waals surface area contributed by atoms with Crippen molar-refractivity contribution in [2.24, 2.45) is 0 Å². The van der Waals surface area contributed by atoms with Crippen molar-refractivity contribution in [3.05, 3.63) is 24.0 Å². The number of rotatable bonds is 5. The second-order valence-corrected chi connectivity index (χ2v) is 5.30. The molecular weight excluding hydrogens is 282 g/mol. The minimum Gasteiger partial charge on any atom is -0.461 e. The monoisotopic (exact) mass is 297 g/mol. The van der Waals surface area contributed by atoms with E-state index >= 15 is 0 Å². The first kappa shape index (κ1) is 14.7. The SMILES string of the molecule is CC(C)(C)OCCOc1nc(Cl)nc(-n2ccnc2)n1. The van der Waals surface area contributed by atoms with Crippen LogP contribution in [0.3, 0.4) is 0 Å². The number of ether oxygens (including phenoxy) is 2. The van der Waals surface area contributed by atoms with Crippen LogP contribution in [-0.4, -0.2) is 43.3 Å². The smallest absolute Gasteiger partial charge is 0.322 e.